The highest BCUT2D eigenvalue weighted by Gasteiger charge is 2.19. The minimum absolute atomic E-state index is 0.0864. The molecule has 3 rings (SSSR count). The number of benzene rings is 1. The summed E-state index contributed by atoms with van der Waals surface area (Å²) in [6, 6.07) is 8.14. The molecule has 0 radical (unpaired) electrons. The van der Waals surface area contributed by atoms with Crippen LogP contribution in [-0.4, -0.2) is 20.3 Å². The van der Waals surface area contributed by atoms with E-state index in [4.69, 9.17) is 13.9 Å². The number of hydrogen-bond acceptors (Lipinski definition) is 4. The van der Waals surface area contributed by atoms with Crippen molar-refractivity contribution in [3.8, 4) is 11.5 Å². The van der Waals surface area contributed by atoms with E-state index in [1.165, 1.54) is 0 Å². The average Bonchev–Trinajstić information content (AvgIpc) is 2.92. The van der Waals surface area contributed by atoms with Crippen LogP contribution in [0.25, 0.3) is 0 Å². The molecule has 1 aromatic carbocycles. The molecular formula is C16H19NO3. The molecule has 0 saturated heterocycles. The zero-order valence-electron chi connectivity index (χ0n) is 11.8. The zero-order valence-corrected chi connectivity index (χ0v) is 11.8. The molecule has 0 amide bonds. The molecule has 2 heterocycles. The quantitative estimate of drug-likeness (QED) is 0.933. The molecule has 4 nitrogen and oxygen atoms in total. The maximum absolute atomic E-state index is 5.84. The number of ether oxygens (including phenoxy) is 2. The van der Waals surface area contributed by atoms with Gasteiger partial charge in [0.15, 0.2) is 11.5 Å². The van der Waals surface area contributed by atoms with Gasteiger partial charge < -0.3 is 19.2 Å². The van der Waals surface area contributed by atoms with E-state index >= 15 is 0 Å². The lowest BCUT2D eigenvalue weighted by atomic mass is 10.0. The third-order valence-electron chi connectivity index (χ3n) is 3.51. The van der Waals surface area contributed by atoms with E-state index in [9.17, 15) is 0 Å². The Bertz CT molecular complexity index is 565. The minimum Gasteiger partial charge on any atom is -0.489 e. The van der Waals surface area contributed by atoms with Crippen molar-refractivity contribution in [1.29, 1.82) is 0 Å². The van der Waals surface area contributed by atoms with Crippen LogP contribution in [0.1, 0.15) is 24.1 Å². The Kier molecular flexibility index (Phi) is 3.65. The van der Waals surface area contributed by atoms with Gasteiger partial charge in [0.2, 0.25) is 0 Å². The van der Waals surface area contributed by atoms with Crippen LogP contribution in [0.5, 0.6) is 11.5 Å². The Hall–Kier alpha value is -1.94. The molecule has 1 aliphatic heterocycles. The molecular weight excluding hydrogens is 254 g/mol. The van der Waals surface area contributed by atoms with E-state index in [0.29, 0.717) is 19.1 Å². The maximum Gasteiger partial charge on any atom is 0.161 e. The fraction of sp³-hybridized carbons (Fsp3) is 0.375. The lowest BCUT2D eigenvalue weighted by molar-refractivity contribution is 0.228. The van der Waals surface area contributed by atoms with Gasteiger partial charge in [-0.15, -0.1) is 0 Å². The van der Waals surface area contributed by atoms with Crippen LogP contribution in [0.15, 0.2) is 41.2 Å². The molecule has 0 saturated carbocycles. The molecule has 1 N–H and O–H groups in total. The van der Waals surface area contributed by atoms with E-state index in [1.54, 1.807) is 12.5 Å². The Morgan fingerprint density at radius 1 is 1.10 bits per heavy atom. The largest absolute Gasteiger partial charge is 0.489 e. The van der Waals surface area contributed by atoms with Gasteiger partial charge in [0, 0.05) is 11.5 Å². The van der Waals surface area contributed by atoms with Gasteiger partial charge >= 0.3 is 0 Å². The van der Waals surface area contributed by atoms with Crippen molar-refractivity contribution < 1.29 is 13.9 Å². The Morgan fingerprint density at radius 2 is 1.90 bits per heavy atom. The van der Waals surface area contributed by atoms with Gasteiger partial charge in [0.05, 0.1) is 31.8 Å². The van der Waals surface area contributed by atoms with Gasteiger partial charge in [0.25, 0.3) is 0 Å². The number of hydrogen-bond donors (Lipinski definition) is 1. The molecule has 1 aliphatic rings. The first-order valence-corrected chi connectivity index (χ1v) is 6.87. The van der Waals surface area contributed by atoms with Gasteiger partial charge in [-0.3, -0.25) is 0 Å². The lowest BCUT2D eigenvalue weighted by Crippen LogP contribution is -2.17. The second-order valence-electron chi connectivity index (χ2n) is 5.21. The first kappa shape index (κ1) is 13.1. The second-order valence-corrected chi connectivity index (χ2v) is 5.21. The van der Waals surface area contributed by atoms with Gasteiger partial charge in [-0.2, -0.15) is 0 Å². The second kappa shape index (κ2) is 5.59. The standard InChI is InChI=1S/C16H19NO3/c1-11-8-19-14-4-3-12(7-15(14)20-9-11)16(17-2)13-5-6-18-10-13/h3-7,10-11,16-17H,8-9H2,1-2H3. The maximum atomic E-state index is 5.84. The van der Waals surface area contributed by atoms with Crippen molar-refractivity contribution in [2.45, 2.75) is 13.0 Å². The van der Waals surface area contributed by atoms with Gasteiger partial charge in [-0.05, 0) is 30.8 Å². The summed E-state index contributed by atoms with van der Waals surface area (Å²) in [7, 11) is 1.93. The number of fused-ring (bicyclic) bond motifs is 1. The SMILES string of the molecule is CNC(c1ccoc1)c1ccc2c(c1)OCC(C)CO2. The Labute approximate surface area is 118 Å². The van der Waals surface area contributed by atoms with Gasteiger partial charge in [0.1, 0.15) is 0 Å². The van der Waals surface area contributed by atoms with Crippen molar-refractivity contribution in [3.05, 3.63) is 47.9 Å². The van der Waals surface area contributed by atoms with Crippen molar-refractivity contribution in [3.63, 3.8) is 0 Å². The lowest BCUT2D eigenvalue weighted by Gasteiger charge is -2.17. The topological polar surface area (TPSA) is 43.6 Å². The monoisotopic (exact) mass is 273 g/mol. The molecule has 2 atom stereocenters. The molecule has 2 unspecified atom stereocenters. The summed E-state index contributed by atoms with van der Waals surface area (Å²) in [6.45, 7) is 3.50. The Balaban J connectivity index is 1.91. The average molecular weight is 273 g/mol. The first-order chi connectivity index (χ1) is 9.78. The molecule has 0 spiro atoms. The normalized spacial score (nSPS) is 19.4. The number of rotatable bonds is 3. The molecule has 2 aromatic rings. The summed E-state index contributed by atoms with van der Waals surface area (Å²) in [6.07, 6.45) is 3.44. The van der Waals surface area contributed by atoms with E-state index in [-0.39, 0.29) is 6.04 Å². The van der Waals surface area contributed by atoms with Crippen LogP contribution in [0.3, 0.4) is 0 Å². The molecule has 0 aliphatic carbocycles. The summed E-state index contributed by atoms with van der Waals surface area (Å²) >= 11 is 0. The van der Waals surface area contributed by atoms with Crippen LogP contribution in [0.4, 0.5) is 0 Å². The fourth-order valence-corrected chi connectivity index (χ4v) is 2.41. The van der Waals surface area contributed by atoms with Crippen molar-refractivity contribution in [2.75, 3.05) is 20.3 Å². The molecule has 20 heavy (non-hydrogen) atoms. The zero-order chi connectivity index (χ0) is 13.9. The van der Waals surface area contributed by atoms with Crippen LogP contribution in [-0.2, 0) is 0 Å². The van der Waals surface area contributed by atoms with Crippen molar-refractivity contribution in [2.24, 2.45) is 5.92 Å². The first-order valence-electron chi connectivity index (χ1n) is 6.87. The number of furan rings is 1. The molecule has 1 aromatic heterocycles. The smallest absolute Gasteiger partial charge is 0.161 e. The summed E-state index contributed by atoms with van der Waals surface area (Å²) in [5.41, 5.74) is 2.22. The molecule has 4 heteroatoms. The van der Waals surface area contributed by atoms with E-state index in [2.05, 4.69) is 18.3 Å². The summed E-state index contributed by atoms with van der Waals surface area (Å²) in [5.74, 6) is 2.04. The summed E-state index contributed by atoms with van der Waals surface area (Å²) in [5, 5.41) is 3.30. The van der Waals surface area contributed by atoms with Gasteiger partial charge in [-0.25, -0.2) is 0 Å². The molecule has 106 valence electrons. The van der Waals surface area contributed by atoms with Crippen LogP contribution >= 0.6 is 0 Å². The summed E-state index contributed by atoms with van der Waals surface area (Å²) in [4.78, 5) is 0. The van der Waals surface area contributed by atoms with E-state index in [1.807, 2.05) is 25.2 Å². The van der Waals surface area contributed by atoms with Crippen LogP contribution < -0.4 is 14.8 Å². The summed E-state index contributed by atoms with van der Waals surface area (Å²) < 4.78 is 16.8. The Morgan fingerprint density at radius 3 is 2.60 bits per heavy atom. The minimum atomic E-state index is 0.0864. The highest BCUT2D eigenvalue weighted by atomic mass is 16.5. The molecule has 0 fully saturated rings. The third-order valence-corrected chi connectivity index (χ3v) is 3.51. The van der Waals surface area contributed by atoms with Crippen LogP contribution in [0.2, 0.25) is 0 Å². The highest BCUT2D eigenvalue weighted by molar-refractivity contribution is 5.46. The predicted molar refractivity (Wildman–Crippen MR) is 76.2 cm³/mol. The van der Waals surface area contributed by atoms with Crippen molar-refractivity contribution in [1.82, 2.24) is 5.32 Å². The van der Waals surface area contributed by atoms with E-state index in [0.717, 1.165) is 22.6 Å². The predicted octanol–water partition coefficient (Wildman–Crippen LogP) is 3.00. The number of nitrogens with one attached hydrogen (secondary N) is 1. The fourth-order valence-electron chi connectivity index (χ4n) is 2.41. The van der Waals surface area contributed by atoms with Gasteiger partial charge in [-0.1, -0.05) is 13.0 Å². The third kappa shape index (κ3) is 2.51. The van der Waals surface area contributed by atoms with Crippen molar-refractivity contribution >= 4 is 0 Å². The van der Waals surface area contributed by atoms with Crippen LogP contribution in [0, 0.1) is 5.92 Å². The highest BCUT2D eigenvalue weighted by Crippen LogP contribution is 2.34. The molecule has 0 bridgehead atoms. The van der Waals surface area contributed by atoms with E-state index < -0.39 is 0 Å².